The second-order valence-electron chi connectivity index (χ2n) is 10.4. The summed E-state index contributed by atoms with van der Waals surface area (Å²) in [5, 5.41) is 15.5. The fourth-order valence-electron chi connectivity index (χ4n) is 5.35. The SMILES string of the molecule is Cc1c(O)c(C(=O)Nc2ccc(CCc3ccc(N(c4ccccc4)c4ccccc4)cc3)cc2)cc2ccccc12. The largest absolute Gasteiger partial charge is 0.507 e. The summed E-state index contributed by atoms with van der Waals surface area (Å²) in [5.74, 6) is -0.307. The van der Waals surface area contributed by atoms with Gasteiger partial charge in [-0.1, -0.05) is 84.9 Å². The molecule has 0 saturated heterocycles. The van der Waals surface area contributed by atoms with Gasteiger partial charge in [0.05, 0.1) is 5.56 Å². The highest BCUT2D eigenvalue weighted by molar-refractivity contribution is 6.09. The van der Waals surface area contributed by atoms with Crippen LogP contribution in [0.15, 0.2) is 140 Å². The van der Waals surface area contributed by atoms with Crippen LogP contribution in [0, 0.1) is 6.92 Å². The zero-order valence-electron chi connectivity index (χ0n) is 23.5. The summed E-state index contributed by atoms with van der Waals surface area (Å²) in [6, 6.07) is 47.0. The lowest BCUT2D eigenvalue weighted by molar-refractivity contribution is 0.102. The van der Waals surface area contributed by atoms with Gasteiger partial charge in [-0.3, -0.25) is 4.79 Å². The van der Waals surface area contributed by atoms with Gasteiger partial charge >= 0.3 is 0 Å². The van der Waals surface area contributed by atoms with Crippen molar-refractivity contribution in [3.05, 3.63) is 162 Å². The van der Waals surface area contributed by atoms with Crippen molar-refractivity contribution in [1.29, 1.82) is 0 Å². The van der Waals surface area contributed by atoms with E-state index in [1.807, 2.05) is 67.6 Å². The Morgan fingerprint density at radius 1 is 0.643 bits per heavy atom. The molecular formula is C38H32N2O2. The maximum absolute atomic E-state index is 13.0. The molecule has 2 N–H and O–H groups in total. The van der Waals surface area contributed by atoms with Crippen molar-refractivity contribution in [2.45, 2.75) is 19.8 Å². The van der Waals surface area contributed by atoms with Gasteiger partial charge in [0.1, 0.15) is 5.75 Å². The number of amides is 1. The Balaban J connectivity index is 1.11. The number of hydrogen-bond acceptors (Lipinski definition) is 3. The molecule has 0 bridgehead atoms. The van der Waals surface area contributed by atoms with Crippen LogP contribution < -0.4 is 10.2 Å². The molecule has 0 aliphatic carbocycles. The van der Waals surface area contributed by atoms with E-state index in [9.17, 15) is 9.90 Å². The Bertz CT molecular complexity index is 1770. The van der Waals surface area contributed by atoms with Crippen LogP contribution in [0.5, 0.6) is 5.75 Å². The predicted octanol–water partition coefficient (Wildman–Crippen LogP) is 9.36. The third-order valence-corrected chi connectivity index (χ3v) is 7.66. The van der Waals surface area contributed by atoms with E-state index in [0.717, 1.165) is 40.7 Å². The number of phenolic OH excluding ortho intramolecular Hbond substituents is 1. The molecule has 42 heavy (non-hydrogen) atoms. The molecule has 0 aliphatic heterocycles. The number of nitrogens with zero attached hydrogens (tertiary/aromatic N) is 1. The average Bonchev–Trinajstić information content (AvgIpc) is 3.04. The lowest BCUT2D eigenvalue weighted by Crippen LogP contribution is -2.12. The van der Waals surface area contributed by atoms with Crippen molar-refractivity contribution in [3.63, 3.8) is 0 Å². The van der Waals surface area contributed by atoms with Gasteiger partial charge in [0.25, 0.3) is 5.91 Å². The summed E-state index contributed by atoms with van der Waals surface area (Å²) in [4.78, 5) is 15.3. The van der Waals surface area contributed by atoms with E-state index in [4.69, 9.17) is 0 Å². The molecule has 6 rings (SSSR count). The highest BCUT2D eigenvalue weighted by Crippen LogP contribution is 2.34. The standard InChI is InChI=1S/C38H32N2O2/c1-27-35-15-9-8-10-30(35)26-36(37(27)41)38(42)39-31-22-18-28(19-23-31)16-17-29-20-24-34(25-21-29)40(32-11-4-2-5-12-32)33-13-6-3-7-14-33/h2-15,18-26,41H,16-17H2,1H3,(H,39,42). The van der Waals surface area contributed by atoms with Crippen LogP contribution in [0.4, 0.5) is 22.7 Å². The third-order valence-electron chi connectivity index (χ3n) is 7.66. The van der Waals surface area contributed by atoms with Crippen molar-refractivity contribution >= 4 is 39.4 Å². The second kappa shape index (κ2) is 12.0. The summed E-state index contributed by atoms with van der Waals surface area (Å²) in [7, 11) is 0. The van der Waals surface area contributed by atoms with Gasteiger partial charge in [0.15, 0.2) is 0 Å². The van der Waals surface area contributed by atoms with E-state index in [-0.39, 0.29) is 17.2 Å². The Morgan fingerprint density at radius 3 is 1.74 bits per heavy atom. The molecule has 4 heteroatoms. The van der Waals surface area contributed by atoms with Crippen LogP contribution in [0.25, 0.3) is 10.8 Å². The van der Waals surface area contributed by atoms with Crippen LogP contribution >= 0.6 is 0 Å². The van der Waals surface area contributed by atoms with Crippen LogP contribution in [-0.2, 0) is 12.8 Å². The number of rotatable bonds is 8. The Kier molecular flexibility index (Phi) is 7.69. The topological polar surface area (TPSA) is 52.6 Å². The van der Waals surface area contributed by atoms with Gasteiger partial charge in [0.2, 0.25) is 0 Å². The summed E-state index contributed by atoms with van der Waals surface area (Å²) >= 11 is 0. The molecule has 0 aromatic heterocycles. The molecule has 0 heterocycles. The van der Waals surface area contributed by atoms with Gasteiger partial charge in [0, 0.05) is 22.7 Å². The minimum absolute atomic E-state index is 0.0181. The summed E-state index contributed by atoms with van der Waals surface area (Å²) in [6.45, 7) is 1.83. The molecule has 0 radical (unpaired) electrons. The Morgan fingerprint density at radius 2 is 1.14 bits per heavy atom. The zero-order chi connectivity index (χ0) is 28.9. The number of hydrogen-bond donors (Lipinski definition) is 2. The molecule has 1 amide bonds. The molecule has 0 atom stereocenters. The molecule has 0 aliphatic rings. The second-order valence-corrected chi connectivity index (χ2v) is 10.4. The van der Waals surface area contributed by atoms with E-state index in [0.29, 0.717) is 11.3 Å². The molecular weight excluding hydrogens is 516 g/mol. The molecule has 0 spiro atoms. The molecule has 0 unspecified atom stereocenters. The van der Waals surface area contributed by atoms with Crippen molar-refractivity contribution in [2.24, 2.45) is 0 Å². The summed E-state index contributed by atoms with van der Waals surface area (Å²) in [5.41, 5.74) is 7.48. The molecule has 0 fully saturated rings. The predicted molar refractivity (Wildman–Crippen MR) is 173 cm³/mol. The minimum atomic E-state index is -0.325. The maximum atomic E-state index is 13.0. The van der Waals surface area contributed by atoms with Crippen LogP contribution in [0.3, 0.4) is 0 Å². The van der Waals surface area contributed by atoms with Gasteiger partial charge in [-0.15, -0.1) is 0 Å². The van der Waals surface area contributed by atoms with Crippen LogP contribution in [-0.4, -0.2) is 11.0 Å². The van der Waals surface area contributed by atoms with Crippen molar-refractivity contribution in [1.82, 2.24) is 0 Å². The fraction of sp³-hybridized carbons (Fsp3) is 0.0789. The number of phenols is 1. The summed E-state index contributed by atoms with van der Waals surface area (Å²) in [6.07, 6.45) is 1.80. The molecule has 6 aromatic rings. The number of nitrogens with one attached hydrogen (secondary N) is 1. The number of fused-ring (bicyclic) bond motifs is 1. The van der Waals surface area contributed by atoms with Gasteiger partial charge in [-0.25, -0.2) is 0 Å². The fourth-order valence-corrected chi connectivity index (χ4v) is 5.35. The lowest BCUT2D eigenvalue weighted by Gasteiger charge is -2.25. The number of carbonyl (C=O) groups excluding carboxylic acids is 1. The highest BCUT2D eigenvalue weighted by atomic mass is 16.3. The summed E-state index contributed by atoms with van der Waals surface area (Å²) < 4.78 is 0. The van der Waals surface area contributed by atoms with Gasteiger partial charge in [-0.05, 0) is 102 Å². The van der Waals surface area contributed by atoms with E-state index in [2.05, 4.69) is 83.0 Å². The normalized spacial score (nSPS) is 10.9. The van der Waals surface area contributed by atoms with Gasteiger partial charge in [-0.2, -0.15) is 0 Å². The molecule has 4 nitrogen and oxygen atoms in total. The van der Waals surface area contributed by atoms with Crippen molar-refractivity contribution < 1.29 is 9.90 Å². The van der Waals surface area contributed by atoms with E-state index < -0.39 is 0 Å². The first kappa shape index (κ1) is 26.9. The number of aromatic hydroxyl groups is 1. The molecule has 0 saturated carbocycles. The first-order valence-corrected chi connectivity index (χ1v) is 14.2. The number of carbonyl (C=O) groups is 1. The molecule has 6 aromatic carbocycles. The Hall–Kier alpha value is -5.35. The zero-order valence-corrected chi connectivity index (χ0v) is 23.5. The van der Waals surface area contributed by atoms with Crippen LogP contribution in [0.1, 0.15) is 27.0 Å². The maximum Gasteiger partial charge on any atom is 0.259 e. The monoisotopic (exact) mass is 548 g/mol. The van der Waals surface area contributed by atoms with Gasteiger partial charge < -0.3 is 15.3 Å². The first-order chi connectivity index (χ1) is 20.6. The third kappa shape index (κ3) is 5.74. The number of benzene rings is 6. The van der Waals surface area contributed by atoms with Crippen LogP contribution in [0.2, 0.25) is 0 Å². The molecule has 206 valence electrons. The number of anilines is 4. The highest BCUT2D eigenvalue weighted by Gasteiger charge is 2.16. The van der Waals surface area contributed by atoms with Crippen molar-refractivity contribution in [2.75, 3.05) is 10.2 Å². The van der Waals surface area contributed by atoms with Crippen molar-refractivity contribution in [3.8, 4) is 5.75 Å². The smallest absolute Gasteiger partial charge is 0.259 e. The lowest BCUT2D eigenvalue weighted by atomic mass is 9.99. The number of para-hydroxylation sites is 2. The van der Waals surface area contributed by atoms with E-state index in [1.54, 1.807) is 6.07 Å². The Labute approximate surface area is 246 Å². The number of aryl methyl sites for hydroxylation is 3. The minimum Gasteiger partial charge on any atom is -0.507 e. The van der Waals surface area contributed by atoms with E-state index in [1.165, 1.54) is 11.1 Å². The van der Waals surface area contributed by atoms with E-state index >= 15 is 0 Å². The quantitative estimate of drug-likeness (QED) is 0.199. The first-order valence-electron chi connectivity index (χ1n) is 14.2. The average molecular weight is 549 g/mol.